The van der Waals surface area contributed by atoms with Crippen molar-refractivity contribution in [2.24, 2.45) is 0 Å². The molecule has 1 aromatic heterocycles. The molecular formula is C17H20Cl2N6O2. The van der Waals surface area contributed by atoms with Crippen molar-refractivity contribution in [2.75, 3.05) is 23.3 Å². The maximum atomic E-state index is 12.3. The summed E-state index contributed by atoms with van der Waals surface area (Å²) in [4.78, 5) is 31.0. The minimum Gasteiger partial charge on any atom is -0.340 e. The minimum absolute atomic E-state index is 0.144. The zero-order valence-electron chi connectivity index (χ0n) is 14.8. The number of anilines is 2. The Morgan fingerprint density at radius 2 is 1.96 bits per heavy atom. The first-order chi connectivity index (χ1) is 13.0. The standard InChI is InChI=1S/C17H20Cl2N6O2/c1-10(20-15(27)11-6-5-7-12(18)13(11)19)14(26)21-16-22-17(24-23-16)25-8-3-2-4-9-25/h5-7,10H,2-4,8-9H2,1H3,(H,20,27)(H2,21,22,23,24,26). The molecule has 1 aliphatic rings. The third kappa shape index (κ3) is 4.70. The van der Waals surface area contributed by atoms with Gasteiger partial charge in [-0.1, -0.05) is 29.3 Å². The number of piperidine rings is 1. The van der Waals surface area contributed by atoms with Crippen LogP contribution < -0.4 is 15.5 Å². The zero-order chi connectivity index (χ0) is 19.4. The van der Waals surface area contributed by atoms with Crippen LogP contribution in [0.5, 0.6) is 0 Å². The van der Waals surface area contributed by atoms with Crippen molar-refractivity contribution < 1.29 is 9.59 Å². The van der Waals surface area contributed by atoms with E-state index in [2.05, 4.69) is 30.7 Å². The lowest BCUT2D eigenvalue weighted by molar-refractivity contribution is -0.117. The Balaban J connectivity index is 1.58. The molecule has 144 valence electrons. The van der Waals surface area contributed by atoms with Crippen LogP contribution in [-0.4, -0.2) is 46.1 Å². The lowest BCUT2D eigenvalue weighted by Gasteiger charge is -2.24. The summed E-state index contributed by atoms with van der Waals surface area (Å²) in [5.74, 6) is -0.116. The molecule has 3 rings (SSSR count). The van der Waals surface area contributed by atoms with Gasteiger partial charge in [0.2, 0.25) is 17.8 Å². The van der Waals surface area contributed by atoms with Crippen LogP contribution in [0.1, 0.15) is 36.5 Å². The van der Waals surface area contributed by atoms with Crippen molar-refractivity contribution >= 4 is 46.9 Å². The fourth-order valence-electron chi connectivity index (χ4n) is 2.79. The molecule has 0 spiro atoms. The maximum Gasteiger partial charge on any atom is 0.253 e. The van der Waals surface area contributed by atoms with Crippen molar-refractivity contribution in [1.29, 1.82) is 0 Å². The smallest absolute Gasteiger partial charge is 0.253 e. The van der Waals surface area contributed by atoms with Crippen LogP contribution in [0.4, 0.5) is 11.9 Å². The molecule has 2 amide bonds. The number of amides is 2. The topological polar surface area (TPSA) is 103 Å². The second-order valence-corrected chi connectivity index (χ2v) is 7.10. The first-order valence-electron chi connectivity index (χ1n) is 8.69. The zero-order valence-corrected chi connectivity index (χ0v) is 16.3. The summed E-state index contributed by atoms with van der Waals surface area (Å²) < 4.78 is 0. The second kappa shape index (κ2) is 8.58. The van der Waals surface area contributed by atoms with E-state index < -0.39 is 17.9 Å². The number of hydrogen-bond donors (Lipinski definition) is 3. The monoisotopic (exact) mass is 410 g/mol. The van der Waals surface area contributed by atoms with Crippen LogP contribution in [0.3, 0.4) is 0 Å². The van der Waals surface area contributed by atoms with E-state index in [1.54, 1.807) is 19.1 Å². The first-order valence-corrected chi connectivity index (χ1v) is 9.44. The van der Waals surface area contributed by atoms with Gasteiger partial charge in [0.1, 0.15) is 6.04 Å². The highest BCUT2D eigenvalue weighted by Crippen LogP contribution is 2.25. The Kier molecular flexibility index (Phi) is 6.18. The molecule has 1 aliphatic heterocycles. The number of nitrogens with one attached hydrogen (secondary N) is 3. The van der Waals surface area contributed by atoms with Gasteiger partial charge < -0.3 is 10.2 Å². The predicted octanol–water partition coefficient (Wildman–Crippen LogP) is 2.86. The first kappa shape index (κ1) is 19.4. The molecule has 3 N–H and O–H groups in total. The average molecular weight is 411 g/mol. The number of halogens is 2. The molecule has 27 heavy (non-hydrogen) atoms. The minimum atomic E-state index is -0.809. The number of nitrogens with zero attached hydrogens (tertiary/aromatic N) is 3. The van der Waals surface area contributed by atoms with Gasteiger partial charge in [-0.25, -0.2) is 5.10 Å². The molecule has 2 heterocycles. The van der Waals surface area contributed by atoms with E-state index in [9.17, 15) is 9.59 Å². The van der Waals surface area contributed by atoms with Gasteiger partial charge in [0.05, 0.1) is 15.6 Å². The predicted molar refractivity (Wildman–Crippen MR) is 104 cm³/mol. The summed E-state index contributed by atoms with van der Waals surface area (Å²) in [7, 11) is 0. The van der Waals surface area contributed by atoms with Crippen molar-refractivity contribution in [3.05, 3.63) is 33.8 Å². The number of rotatable bonds is 5. The van der Waals surface area contributed by atoms with Crippen LogP contribution in [0.25, 0.3) is 0 Å². The number of aromatic nitrogens is 3. The van der Waals surface area contributed by atoms with E-state index in [4.69, 9.17) is 23.2 Å². The lowest BCUT2D eigenvalue weighted by atomic mass is 10.1. The van der Waals surface area contributed by atoms with Crippen molar-refractivity contribution in [3.8, 4) is 0 Å². The number of aromatic amines is 1. The molecule has 0 bridgehead atoms. The van der Waals surface area contributed by atoms with Gasteiger partial charge in [-0.2, -0.15) is 4.98 Å². The molecule has 1 atom stereocenters. The summed E-state index contributed by atoms with van der Waals surface area (Å²) in [6, 6.07) is 3.93. The quantitative estimate of drug-likeness (QED) is 0.702. The van der Waals surface area contributed by atoms with Crippen molar-refractivity contribution in [3.63, 3.8) is 0 Å². The lowest BCUT2D eigenvalue weighted by Crippen LogP contribution is -2.41. The second-order valence-electron chi connectivity index (χ2n) is 6.32. The molecule has 0 radical (unpaired) electrons. The fraction of sp³-hybridized carbons (Fsp3) is 0.412. The van der Waals surface area contributed by atoms with Gasteiger partial charge in [-0.3, -0.25) is 14.9 Å². The van der Waals surface area contributed by atoms with Gasteiger partial charge in [0.25, 0.3) is 5.91 Å². The average Bonchev–Trinajstić information content (AvgIpc) is 3.13. The molecule has 1 unspecified atom stereocenters. The Bertz CT molecular complexity index is 835. The molecule has 10 heteroatoms. The molecule has 1 aromatic carbocycles. The molecule has 0 aliphatic carbocycles. The number of carbonyl (C=O) groups excluding carboxylic acids is 2. The third-order valence-electron chi connectivity index (χ3n) is 4.29. The Morgan fingerprint density at radius 1 is 1.22 bits per heavy atom. The molecule has 1 fully saturated rings. The molecule has 1 saturated heterocycles. The van der Waals surface area contributed by atoms with E-state index in [1.807, 2.05) is 0 Å². The van der Waals surface area contributed by atoms with E-state index in [0.29, 0.717) is 5.95 Å². The number of hydrogen-bond acceptors (Lipinski definition) is 5. The van der Waals surface area contributed by atoms with Crippen molar-refractivity contribution in [2.45, 2.75) is 32.2 Å². The molecule has 2 aromatic rings. The van der Waals surface area contributed by atoms with Crippen LogP contribution in [0.15, 0.2) is 18.2 Å². The maximum absolute atomic E-state index is 12.3. The summed E-state index contributed by atoms with van der Waals surface area (Å²) in [5, 5.41) is 12.5. The largest absolute Gasteiger partial charge is 0.340 e. The van der Waals surface area contributed by atoms with Crippen LogP contribution in [-0.2, 0) is 4.79 Å². The van der Waals surface area contributed by atoms with Gasteiger partial charge in [-0.15, -0.1) is 5.10 Å². The van der Waals surface area contributed by atoms with Crippen LogP contribution in [0, 0.1) is 0 Å². The normalized spacial score (nSPS) is 15.3. The van der Waals surface area contributed by atoms with Gasteiger partial charge in [0, 0.05) is 13.1 Å². The molecule has 8 nitrogen and oxygen atoms in total. The highest BCUT2D eigenvalue weighted by atomic mass is 35.5. The Hall–Kier alpha value is -2.32. The van der Waals surface area contributed by atoms with E-state index in [-0.39, 0.29) is 21.6 Å². The van der Waals surface area contributed by atoms with E-state index >= 15 is 0 Å². The Labute approximate surface area is 166 Å². The van der Waals surface area contributed by atoms with Gasteiger partial charge >= 0.3 is 0 Å². The van der Waals surface area contributed by atoms with Crippen molar-refractivity contribution in [1.82, 2.24) is 20.5 Å². The molecular weight excluding hydrogens is 391 g/mol. The SMILES string of the molecule is CC(NC(=O)c1cccc(Cl)c1Cl)C(=O)Nc1nc(N2CCCCC2)n[nH]1. The highest BCUT2D eigenvalue weighted by Gasteiger charge is 2.21. The number of carbonyl (C=O) groups is 2. The van der Waals surface area contributed by atoms with Gasteiger partial charge in [0.15, 0.2) is 0 Å². The van der Waals surface area contributed by atoms with E-state index in [1.165, 1.54) is 12.5 Å². The summed E-state index contributed by atoms with van der Waals surface area (Å²) in [6.45, 7) is 3.36. The van der Waals surface area contributed by atoms with Crippen LogP contribution in [0.2, 0.25) is 10.0 Å². The Morgan fingerprint density at radius 3 is 2.70 bits per heavy atom. The van der Waals surface area contributed by atoms with E-state index in [0.717, 1.165) is 25.9 Å². The summed E-state index contributed by atoms with van der Waals surface area (Å²) >= 11 is 12.0. The number of H-pyrrole nitrogens is 1. The summed E-state index contributed by atoms with van der Waals surface area (Å²) in [5.41, 5.74) is 0.205. The number of benzene rings is 1. The van der Waals surface area contributed by atoms with Gasteiger partial charge in [-0.05, 0) is 38.3 Å². The highest BCUT2D eigenvalue weighted by molar-refractivity contribution is 6.43. The third-order valence-corrected chi connectivity index (χ3v) is 5.11. The van der Waals surface area contributed by atoms with Crippen LogP contribution >= 0.6 is 23.2 Å². The molecule has 0 saturated carbocycles. The fourth-order valence-corrected chi connectivity index (χ4v) is 3.17. The summed E-state index contributed by atoms with van der Waals surface area (Å²) in [6.07, 6.45) is 3.41.